The molecule has 0 bridgehead atoms. The van der Waals surface area contributed by atoms with Crippen LogP contribution in [0, 0.1) is 27.7 Å². The van der Waals surface area contributed by atoms with Gasteiger partial charge in [-0.2, -0.15) is 0 Å². The van der Waals surface area contributed by atoms with E-state index in [4.69, 9.17) is 0 Å². The lowest BCUT2D eigenvalue weighted by Crippen LogP contribution is -2.54. The number of carboxylic acid groups (broad SMARTS) is 1. The number of rotatable bonds is 4. The Morgan fingerprint density at radius 1 is 0.912 bits per heavy atom. The van der Waals surface area contributed by atoms with Gasteiger partial charge in [-0.15, -0.1) is 0 Å². The van der Waals surface area contributed by atoms with E-state index < -0.39 is 23.8 Å². The number of carboxylic acids is 1. The van der Waals surface area contributed by atoms with Crippen molar-refractivity contribution in [2.45, 2.75) is 27.7 Å². The van der Waals surface area contributed by atoms with Gasteiger partial charge in [-0.3, -0.25) is 14.9 Å². The molecule has 0 unspecified atom stereocenters. The van der Waals surface area contributed by atoms with E-state index >= 15 is 0 Å². The van der Waals surface area contributed by atoms with E-state index in [0.29, 0.717) is 22.6 Å². The summed E-state index contributed by atoms with van der Waals surface area (Å²) in [7, 11) is 0. The summed E-state index contributed by atoms with van der Waals surface area (Å²) in [5.41, 5.74) is 5.02. The zero-order chi connectivity index (χ0) is 24.7. The van der Waals surface area contributed by atoms with Crippen LogP contribution in [0.4, 0.5) is 10.5 Å². The molecule has 172 valence electrons. The first-order valence-electron chi connectivity index (χ1n) is 10.6. The van der Waals surface area contributed by atoms with Crippen LogP contribution in [0.2, 0.25) is 0 Å². The number of aromatic nitrogens is 1. The molecule has 1 fully saturated rings. The van der Waals surface area contributed by atoms with Crippen molar-refractivity contribution in [2.24, 2.45) is 0 Å². The minimum Gasteiger partial charge on any atom is -0.478 e. The summed E-state index contributed by atoms with van der Waals surface area (Å²) in [4.78, 5) is 50.7. The Morgan fingerprint density at radius 2 is 1.65 bits per heavy atom. The first kappa shape index (κ1) is 22.7. The molecule has 4 amide bonds. The molecule has 2 aromatic carbocycles. The summed E-state index contributed by atoms with van der Waals surface area (Å²) in [5.74, 6) is -2.52. The van der Waals surface area contributed by atoms with Crippen molar-refractivity contribution in [2.75, 3.05) is 4.90 Å². The molecule has 1 aliphatic heterocycles. The van der Waals surface area contributed by atoms with E-state index in [2.05, 4.69) is 5.32 Å². The average molecular weight is 457 g/mol. The molecule has 8 nitrogen and oxygen atoms in total. The summed E-state index contributed by atoms with van der Waals surface area (Å²) in [5, 5.41) is 11.6. The lowest BCUT2D eigenvalue weighted by Gasteiger charge is -2.26. The topological polar surface area (TPSA) is 109 Å². The normalized spacial score (nSPS) is 15.1. The fourth-order valence-electron chi connectivity index (χ4n) is 4.02. The molecule has 1 aromatic heterocycles. The maximum atomic E-state index is 13.2. The molecule has 2 N–H and O–H groups in total. The molecule has 0 spiro atoms. The Kier molecular flexibility index (Phi) is 5.66. The number of aryl methyl sites for hydroxylation is 3. The number of barbiturate groups is 1. The number of nitrogens with zero attached hydrogens (tertiary/aromatic N) is 2. The molecule has 0 saturated carbocycles. The monoisotopic (exact) mass is 457 g/mol. The third-order valence-corrected chi connectivity index (χ3v) is 5.97. The fourth-order valence-corrected chi connectivity index (χ4v) is 4.02. The zero-order valence-corrected chi connectivity index (χ0v) is 19.2. The van der Waals surface area contributed by atoms with Crippen molar-refractivity contribution >= 4 is 35.6 Å². The van der Waals surface area contributed by atoms with Crippen LogP contribution in [0.3, 0.4) is 0 Å². The van der Waals surface area contributed by atoms with Crippen molar-refractivity contribution in [3.63, 3.8) is 0 Å². The highest BCUT2D eigenvalue weighted by Gasteiger charge is 2.37. The predicted molar refractivity (Wildman–Crippen MR) is 127 cm³/mol. The minimum absolute atomic E-state index is 0.147. The smallest absolute Gasteiger partial charge is 0.335 e. The number of amides is 4. The number of anilines is 1. The van der Waals surface area contributed by atoms with Gasteiger partial charge in [0.15, 0.2) is 0 Å². The second-order valence-corrected chi connectivity index (χ2v) is 8.24. The Balaban J connectivity index is 1.77. The first-order valence-corrected chi connectivity index (χ1v) is 10.6. The number of imide groups is 2. The highest BCUT2D eigenvalue weighted by molar-refractivity contribution is 6.39. The van der Waals surface area contributed by atoms with E-state index in [1.165, 1.54) is 12.1 Å². The molecule has 34 heavy (non-hydrogen) atoms. The van der Waals surface area contributed by atoms with Crippen LogP contribution in [0.25, 0.3) is 11.8 Å². The van der Waals surface area contributed by atoms with E-state index in [9.17, 15) is 24.3 Å². The second kappa shape index (κ2) is 8.47. The Hall–Kier alpha value is -4.46. The molecule has 0 atom stereocenters. The standard InChI is InChI=1S/C26H23N3O5/c1-14-8-9-21(10-15(14)2)29-24(31)22(23(30)27-26(29)34)13-19-11-16(3)28(17(19)4)20-7-5-6-18(12-20)25(32)33/h5-13H,1-4H3,(H,32,33)(H,27,30,34)/b22-13+. The fraction of sp³-hybridized carbons (Fsp3) is 0.154. The largest absolute Gasteiger partial charge is 0.478 e. The number of nitrogens with one attached hydrogen (secondary N) is 1. The van der Waals surface area contributed by atoms with Gasteiger partial charge in [0.05, 0.1) is 11.3 Å². The predicted octanol–water partition coefficient (Wildman–Crippen LogP) is 4.08. The zero-order valence-electron chi connectivity index (χ0n) is 19.2. The molecule has 8 heteroatoms. The van der Waals surface area contributed by atoms with Gasteiger partial charge in [0.25, 0.3) is 11.8 Å². The van der Waals surface area contributed by atoms with E-state index in [1.54, 1.807) is 36.4 Å². The quantitative estimate of drug-likeness (QED) is 0.453. The first-order chi connectivity index (χ1) is 16.1. The molecule has 4 rings (SSSR count). The summed E-state index contributed by atoms with van der Waals surface area (Å²) >= 11 is 0. The maximum absolute atomic E-state index is 13.2. The maximum Gasteiger partial charge on any atom is 0.335 e. The molecule has 1 saturated heterocycles. The molecule has 0 radical (unpaired) electrons. The van der Waals surface area contributed by atoms with Crippen molar-refractivity contribution in [1.82, 2.24) is 9.88 Å². The summed E-state index contributed by atoms with van der Waals surface area (Å²) in [6.07, 6.45) is 1.46. The van der Waals surface area contributed by atoms with Crippen LogP contribution < -0.4 is 10.2 Å². The third kappa shape index (κ3) is 3.90. The van der Waals surface area contributed by atoms with Gasteiger partial charge in [-0.1, -0.05) is 12.1 Å². The number of carbonyl (C=O) groups excluding carboxylic acids is 3. The second-order valence-electron chi connectivity index (χ2n) is 8.24. The molecular weight excluding hydrogens is 434 g/mol. The van der Waals surface area contributed by atoms with Gasteiger partial charge in [0.1, 0.15) is 5.57 Å². The highest BCUT2D eigenvalue weighted by Crippen LogP contribution is 2.27. The number of carbonyl (C=O) groups is 4. The Labute approximate surface area is 196 Å². The molecule has 2 heterocycles. The summed E-state index contributed by atoms with van der Waals surface area (Å²) < 4.78 is 1.84. The molecular formula is C26H23N3O5. The van der Waals surface area contributed by atoms with Gasteiger partial charge in [-0.05, 0) is 86.9 Å². The van der Waals surface area contributed by atoms with Gasteiger partial charge >= 0.3 is 12.0 Å². The molecule has 0 aliphatic carbocycles. The summed E-state index contributed by atoms with van der Waals surface area (Å²) in [6, 6.07) is 12.7. The van der Waals surface area contributed by atoms with Gasteiger partial charge in [0, 0.05) is 17.1 Å². The Morgan fingerprint density at radius 3 is 2.32 bits per heavy atom. The lowest BCUT2D eigenvalue weighted by molar-refractivity contribution is -0.122. The SMILES string of the molecule is Cc1ccc(N2C(=O)NC(=O)/C(=C\c3cc(C)n(-c4cccc(C(=O)O)c4)c3C)C2=O)cc1C. The Bertz CT molecular complexity index is 1410. The average Bonchev–Trinajstić information content (AvgIpc) is 3.06. The molecule has 3 aromatic rings. The minimum atomic E-state index is -1.03. The molecule has 1 aliphatic rings. The van der Waals surface area contributed by atoms with E-state index in [-0.39, 0.29) is 11.1 Å². The number of aromatic carboxylic acids is 1. The van der Waals surface area contributed by atoms with Crippen molar-refractivity contribution in [3.8, 4) is 5.69 Å². The van der Waals surface area contributed by atoms with Gasteiger partial charge < -0.3 is 9.67 Å². The number of urea groups is 1. The van der Waals surface area contributed by atoms with Crippen molar-refractivity contribution in [1.29, 1.82) is 0 Å². The lowest BCUT2D eigenvalue weighted by atomic mass is 10.1. The van der Waals surface area contributed by atoms with Crippen LogP contribution >= 0.6 is 0 Å². The van der Waals surface area contributed by atoms with Crippen LogP contribution in [-0.4, -0.2) is 33.5 Å². The number of benzene rings is 2. The van der Waals surface area contributed by atoms with Gasteiger partial charge in [-0.25, -0.2) is 14.5 Å². The van der Waals surface area contributed by atoms with E-state index in [1.807, 2.05) is 38.3 Å². The van der Waals surface area contributed by atoms with Gasteiger partial charge in [0.2, 0.25) is 0 Å². The van der Waals surface area contributed by atoms with Crippen LogP contribution in [0.5, 0.6) is 0 Å². The van der Waals surface area contributed by atoms with Crippen LogP contribution in [-0.2, 0) is 9.59 Å². The van der Waals surface area contributed by atoms with Crippen LogP contribution in [0.1, 0.15) is 38.4 Å². The third-order valence-electron chi connectivity index (χ3n) is 5.97. The highest BCUT2D eigenvalue weighted by atomic mass is 16.4. The van der Waals surface area contributed by atoms with Crippen molar-refractivity contribution in [3.05, 3.63) is 87.7 Å². The number of hydrogen-bond acceptors (Lipinski definition) is 4. The summed E-state index contributed by atoms with van der Waals surface area (Å²) in [6.45, 7) is 7.45. The van der Waals surface area contributed by atoms with Crippen LogP contribution in [0.15, 0.2) is 54.1 Å². The van der Waals surface area contributed by atoms with Crippen molar-refractivity contribution < 1.29 is 24.3 Å². The number of hydrogen-bond donors (Lipinski definition) is 2. The van der Waals surface area contributed by atoms with E-state index in [0.717, 1.165) is 21.7 Å².